The van der Waals surface area contributed by atoms with Crippen molar-refractivity contribution in [2.24, 2.45) is 0 Å². The summed E-state index contributed by atoms with van der Waals surface area (Å²) in [5.41, 5.74) is -1.25. The van der Waals surface area contributed by atoms with Gasteiger partial charge in [0.05, 0.1) is 6.10 Å². The number of carboxylic acids is 1. The molecular weight excluding hydrogens is 198 g/mol. The summed E-state index contributed by atoms with van der Waals surface area (Å²) in [6, 6.07) is 0. The Labute approximate surface area is 90.0 Å². The average Bonchev–Trinajstić information content (AvgIpc) is 2.02. The lowest BCUT2D eigenvalue weighted by Crippen LogP contribution is -2.53. The predicted molar refractivity (Wildman–Crippen MR) is 55.7 cm³/mol. The van der Waals surface area contributed by atoms with Crippen LogP contribution in [0.3, 0.4) is 0 Å². The molecule has 88 valence electrons. The minimum Gasteiger partial charge on any atom is -0.480 e. The van der Waals surface area contributed by atoms with E-state index in [9.17, 15) is 9.59 Å². The number of nitrogens with zero attached hydrogens (tertiary/aromatic N) is 1. The Balaban J connectivity index is 4.76. The van der Waals surface area contributed by atoms with Crippen LogP contribution in [0.2, 0.25) is 0 Å². The molecule has 0 aliphatic heterocycles. The van der Waals surface area contributed by atoms with Crippen LogP contribution in [-0.4, -0.2) is 40.3 Å². The van der Waals surface area contributed by atoms with Crippen LogP contribution in [0.25, 0.3) is 0 Å². The van der Waals surface area contributed by atoms with E-state index in [0.29, 0.717) is 6.54 Å². The van der Waals surface area contributed by atoms with Crippen molar-refractivity contribution in [3.63, 3.8) is 0 Å². The van der Waals surface area contributed by atoms with Crippen LogP contribution in [0.1, 0.15) is 34.6 Å². The maximum Gasteiger partial charge on any atom is 0.410 e. The van der Waals surface area contributed by atoms with Gasteiger partial charge in [0.2, 0.25) is 0 Å². The quantitative estimate of drug-likeness (QED) is 0.778. The van der Waals surface area contributed by atoms with Gasteiger partial charge in [0.15, 0.2) is 0 Å². The molecule has 0 atom stereocenters. The molecule has 0 radical (unpaired) electrons. The molecule has 0 aliphatic carbocycles. The number of carbonyl (C=O) groups is 2. The molecule has 0 unspecified atom stereocenters. The highest BCUT2D eigenvalue weighted by atomic mass is 16.6. The smallest absolute Gasteiger partial charge is 0.410 e. The fourth-order valence-electron chi connectivity index (χ4n) is 1.13. The molecule has 15 heavy (non-hydrogen) atoms. The second-order valence-corrected chi connectivity index (χ2v) is 4.04. The lowest BCUT2D eigenvalue weighted by atomic mass is 10.0. The van der Waals surface area contributed by atoms with Crippen LogP contribution >= 0.6 is 0 Å². The molecule has 0 fully saturated rings. The van der Waals surface area contributed by atoms with Gasteiger partial charge in [-0.2, -0.15) is 0 Å². The van der Waals surface area contributed by atoms with Gasteiger partial charge in [-0.05, 0) is 34.6 Å². The summed E-state index contributed by atoms with van der Waals surface area (Å²) < 4.78 is 4.96. The van der Waals surface area contributed by atoms with Crippen molar-refractivity contribution >= 4 is 12.1 Å². The monoisotopic (exact) mass is 217 g/mol. The molecule has 0 rings (SSSR count). The van der Waals surface area contributed by atoms with Crippen molar-refractivity contribution in [3.05, 3.63) is 0 Å². The number of aliphatic carboxylic acids is 1. The Morgan fingerprint density at radius 1 is 1.40 bits per heavy atom. The molecule has 0 aromatic rings. The number of rotatable bonds is 4. The van der Waals surface area contributed by atoms with Gasteiger partial charge < -0.3 is 9.84 Å². The van der Waals surface area contributed by atoms with Crippen LogP contribution in [-0.2, 0) is 9.53 Å². The summed E-state index contributed by atoms with van der Waals surface area (Å²) in [5, 5.41) is 8.98. The fourth-order valence-corrected chi connectivity index (χ4v) is 1.13. The Kier molecular flexibility index (Phi) is 4.58. The number of likely N-dealkylation sites (N-methyl/N-ethyl adjacent to an activating group) is 1. The molecular formula is C10H19NO4. The van der Waals surface area contributed by atoms with E-state index in [4.69, 9.17) is 9.84 Å². The molecule has 0 aliphatic rings. The zero-order chi connectivity index (χ0) is 12.2. The lowest BCUT2D eigenvalue weighted by Gasteiger charge is -2.33. The number of amides is 1. The van der Waals surface area contributed by atoms with Gasteiger partial charge in [-0.15, -0.1) is 0 Å². The molecule has 0 saturated carbocycles. The van der Waals surface area contributed by atoms with Gasteiger partial charge in [0.1, 0.15) is 5.54 Å². The zero-order valence-corrected chi connectivity index (χ0v) is 9.90. The Hall–Kier alpha value is -1.26. The number of ether oxygens (including phenoxy) is 1. The third-order valence-electron chi connectivity index (χ3n) is 2.07. The molecule has 1 N–H and O–H groups in total. The predicted octanol–water partition coefficient (Wildman–Crippen LogP) is 1.72. The highest BCUT2D eigenvalue weighted by molar-refractivity contribution is 5.83. The molecule has 0 saturated heterocycles. The van der Waals surface area contributed by atoms with Crippen molar-refractivity contribution in [2.45, 2.75) is 46.3 Å². The highest BCUT2D eigenvalue weighted by Gasteiger charge is 2.38. The third kappa shape index (κ3) is 3.42. The van der Waals surface area contributed by atoms with Crippen LogP contribution in [0.15, 0.2) is 0 Å². The molecule has 0 bridgehead atoms. The van der Waals surface area contributed by atoms with Gasteiger partial charge >= 0.3 is 12.1 Å². The van der Waals surface area contributed by atoms with E-state index in [1.54, 1.807) is 20.8 Å². The van der Waals surface area contributed by atoms with Crippen LogP contribution < -0.4 is 0 Å². The van der Waals surface area contributed by atoms with Gasteiger partial charge in [-0.1, -0.05) is 0 Å². The van der Waals surface area contributed by atoms with Crippen molar-refractivity contribution in [1.82, 2.24) is 4.90 Å². The number of hydrogen-bond donors (Lipinski definition) is 1. The lowest BCUT2D eigenvalue weighted by molar-refractivity contribution is -0.148. The second-order valence-electron chi connectivity index (χ2n) is 4.04. The minimum absolute atomic E-state index is 0.254. The first kappa shape index (κ1) is 13.7. The van der Waals surface area contributed by atoms with Gasteiger partial charge in [0.25, 0.3) is 0 Å². The summed E-state index contributed by atoms with van der Waals surface area (Å²) in [4.78, 5) is 23.7. The van der Waals surface area contributed by atoms with Gasteiger partial charge in [-0.25, -0.2) is 9.59 Å². The third-order valence-corrected chi connectivity index (χ3v) is 2.07. The largest absolute Gasteiger partial charge is 0.480 e. The van der Waals surface area contributed by atoms with Crippen molar-refractivity contribution < 1.29 is 19.4 Å². The van der Waals surface area contributed by atoms with Crippen LogP contribution in [0.5, 0.6) is 0 Å². The van der Waals surface area contributed by atoms with E-state index in [2.05, 4.69) is 0 Å². The van der Waals surface area contributed by atoms with E-state index in [0.717, 1.165) is 0 Å². The molecule has 5 nitrogen and oxygen atoms in total. The second kappa shape index (κ2) is 5.00. The Morgan fingerprint density at radius 3 is 2.13 bits per heavy atom. The number of hydrogen-bond acceptors (Lipinski definition) is 3. The normalized spacial score (nSPS) is 11.3. The Bertz CT molecular complexity index is 248. The first-order valence-electron chi connectivity index (χ1n) is 4.95. The molecule has 0 heterocycles. The summed E-state index contributed by atoms with van der Waals surface area (Å²) in [6.45, 7) is 8.40. The first-order chi connectivity index (χ1) is 6.73. The van der Waals surface area contributed by atoms with E-state index in [-0.39, 0.29) is 6.10 Å². The standard InChI is InChI=1S/C10H19NO4/c1-6-11(9(14)15-7(2)3)10(4,5)8(12)13/h7H,6H2,1-5H3,(H,12,13). The van der Waals surface area contributed by atoms with Gasteiger partial charge in [0, 0.05) is 6.54 Å². The van der Waals surface area contributed by atoms with E-state index in [1.165, 1.54) is 18.7 Å². The first-order valence-corrected chi connectivity index (χ1v) is 4.95. The SMILES string of the molecule is CCN(C(=O)OC(C)C)C(C)(C)C(=O)O. The van der Waals surface area contributed by atoms with E-state index >= 15 is 0 Å². The summed E-state index contributed by atoms with van der Waals surface area (Å²) in [7, 11) is 0. The Morgan fingerprint density at radius 2 is 1.87 bits per heavy atom. The molecule has 1 amide bonds. The highest BCUT2D eigenvalue weighted by Crippen LogP contribution is 2.16. The topological polar surface area (TPSA) is 66.8 Å². The molecule has 0 aromatic carbocycles. The maximum absolute atomic E-state index is 11.6. The van der Waals surface area contributed by atoms with Gasteiger partial charge in [-0.3, -0.25) is 4.90 Å². The zero-order valence-electron chi connectivity index (χ0n) is 9.90. The van der Waals surface area contributed by atoms with Crippen LogP contribution in [0, 0.1) is 0 Å². The summed E-state index contributed by atoms with van der Waals surface area (Å²) in [5.74, 6) is -1.05. The maximum atomic E-state index is 11.6. The van der Waals surface area contributed by atoms with Crippen LogP contribution in [0.4, 0.5) is 4.79 Å². The van der Waals surface area contributed by atoms with E-state index in [1.807, 2.05) is 0 Å². The fraction of sp³-hybridized carbons (Fsp3) is 0.800. The summed E-state index contributed by atoms with van der Waals surface area (Å²) in [6.07, 6.45) is -0.851. The summed E-state index contributed by atoms with van der Waals surface area (Å²) >= 11 is 0. The van der Waals surface area contributed by atoms with E-state index < -0.39 is 17.6 Å². The van der Waals surface area contributed by atoms with Crippen molar-refractivity contribution in [3.8, 4) is 0 Å². The molecule has 5 heteroatoms. The number of carbonyl (C=O) groups excluding carboxylic acids is 1. The number of carboxylic acid groups (broad SMARTS) is 1. The van der Waals surface area contributed by atoms with Crippen molar-refractivity contribution in [1.29, 1.82) is 0 Å². The average molecular weight is 217 g/mol. The molecule has 0 aromatic heterocycles. The van der Waals surface area contributed by atoms with Crippen molar-refractivity contribution in [2.75, 3.05) is 6.54 Å². The minimum atomic E-state index is -1.25. The molecule has 0 spiro atoms.